The zero-order chi connectivity index (χ0) is 21.8. The molecular formula is C25H27ClN2O2S. The molecule has 6 heteroatoms. The fraction of sp³-hybridized carbons (Fsp3) is 0.360. The van der Waals surface area contributed by atoms with E-state index < -0.39 is 0 Å². The van der Waals surface area contributed by atoms with E-state index in [0.717, 1.165) is 36.2 Å². The van der Waals surface area contributed by atoms with E-state index in [-0.39, 0.29) is 23.8 Å². The number of carbonyl (C=O) groups is 2. The van der Waals surface area contributed by atoms with Gasteiger partial charge in [-0.15, -0.1) is 11.8 Å². The zero-order valence-corrected chi connectivity index (χ0v) is 19.2. The van der Waals surface area contributed by atoms with Gasteiger partial charge in [-0.3, -0.25) is 9.59 Å². The summed E-state index contributed by atoms with van der Waals surface area (Å²) in [7, 11) is 1.86. The highest BCUT2D eigenvalue weighted by molar-refractivity contribution is 8.04. The van der Waals surface area contributed by atoms with Crippen molar-refractivity contribution >= 4 is 41.3 Å². The molecule has 2 aliphatic rings. The van der Waals surface area contributed by atoms with Crippen molar-refractivity contribution in [3.05, 3.63) is 75.7 Å². The molecule has 1 saturated heterocycles. The van der Waals surface area contributed by atoms with Crippen LogP contribution in [0.25, 0.3) is 6.08 Å². The highest BCUT2D eigenvalue weighted by atomic mass is 35.5. The first-order valence-electron chi connectivity index (χ1n) is 10.7. The molecule has 0 bridgehead atoms. The van der Waals surface area contributed by atoms with Crippen LogP contribution in [0.3, 0.4) is 0 Å². The van der Waals surface area contributed by atoms with Crippen molar-refractivity contribution in [1.29, 1.82) is 0 Å². The second-order valence-electron chi connectivity index (χ2n) is 8.21. The number of hydrogen-bond donors (Lipinski definition) is 1. The van der Waals surface area contributed by atoms with Crippen LogP contribution in [0.4, 0.5) is 0 Å². The summed E-state index contributed by atoms with van der Waals surface area (Å²) in [4.78, 5) is 28.3. The second kappa shape index (κ2) is 9.92. The minimum atomic E-state index is -0.0398. The molecule has 1 heterocycles. The van der Waals surface area contributed by atoms with Crippen molar-refractivity contribution < 1.29 is 9.59 Å². The van der Waals surface area contributed by atoms with Crippen molar-refractivity contribution in [2.45, 2.75) is 37.0 Å². The number of fused-ring (bicyclic) bond motifs is 1. The van der Waals surface area contributed by atoms with E-state index in [1.807, 2.05) is 60.5 Å². The molecule has 0 aromatic heterocycles. The average molecular weight is 455 g/mol. The van der Waals surface area contributed by atoms with E-state index >= 15 is 0 Å². The van der Waals surface area contributed by atoms with Crippen LogP contribution in [0.15, 0.2) is 59.5 Å². The largest absolute Gasteiger partial charge is 0.356 e. The molecule has 162 valence electrons. The van der Waals surface area contributed by atoms with Gasteiger partial charge in [0.05, 0.1) is 4.91 Å². The maximum Gasteiger partial charge on any atom is 0.260 e. The third-order valence-corrected chi connectivity index (χ3v) is 7.92. The van der Waals surface area contributed by atoms with Gasteiger partial charge in [0.15, 0.2) is 0 Å². The molecule has 1 aliphatic carbocycles. The number of thioether (sulfide) groups is 1. The SMILES string of the molecule is CN1C(=O)/C(=C/c2ccccc2Cl)SC2CCC(C(=O)NCCc3ccccc3)CC21. The topological polar surface area (TPSA) is 49.4 Å². The lowest BCUT2D eigenvalue weighted by atomic mass is 9.83. The van der Waals surface area contributed by atoms with E-state index in [2.05, 4.69) is 17.4 Å². The second-order valence-corrected chi connectivity index (χ2v) is 9.89. The zero-order valence-electron chi connectivity index (χ0n) is 17.6. The number of rotatable bonds is 5. The monoisotopic (exact) mass is 454 g/mol. The molecule has 4 nitrogen and oxygen atoms in total. The molecule has 3 unspecified atom stereocenters. The molecule has 2 fully saturated rings. The normalized spacial score (nSPS) is 24.7. The number of benzene rings is 2. The van der Waals surface area contributed by atoms with Crippen LogP contribution in [0.5, 0.6) is 0 Å². The number of carbonyl (C=O) groups excluding carboxylic acids is 2. The fourth-order valence-corrected chi connectivity index (χ4v) is 6.05. The van der Waals surface area contributed by atoms with Gasteiger partial charge >= 0.3 is 0 Å². The van der Waals surface area contributed by atoms with Gasteiger partial charge in [0.2, 0.25) is 5.91 Å². The van der Waals surface area contributed by atoms with Gasteiger partial charge in [-0.2, -0.15) is 0 Å². The van der Waals surface area contributed by atoms with Crippen LogP contribution >= 0.6 is 23.4 Å². The number of likely N-dealkylation sites (N-methyl/N-ethyl adjacent to an activating group) is 1. The fourth-order valence-electron chi connectivity index (χ4n) is 4.39. The Morgan fingerprint density at radius 1 is 1.16 bits per heavy atom. The Kier molecular flexibility index (Phi) is 7.03. The smallest absolute Gasteiger partial charge is 0.260 e. The summed E-state index contributed by atoms with van der Waals surface area (Å²) in [6.07, 6.45) is 5.22. The Labute approximate surface area is 193 Å². The highest BCUT2D eigenvalue weighted by Gasteiger charge is 2.42. The third kappa shape index (κ3) is 5.16. The summed E-state index contributed by atoms with van der Waals surface area (Å²) in [5.41, 5.74) is 2.08. The number of nitrogens with one attached hydrogen (secondary N) is 1. The molecule has 2 aromatic carbocycles. The van der Waals surface area contributed by atoms with Gasteiger partial charge in [0, 0.05) is 35.8 Å². The Hall–Kier alpha value is -2.24. The van der Waals surface area contributed by atoms with Crippen molar-refractivity contribution in [3.8, 4) is 0 Å². The lowest BCUT2D eigenvalue weighted by molar-refractivity contribution is -0.131. The first kappa shape index (κ1) is 22.0. The minimum Gasteiger partial charge on any atom is -0.356 e. The van der Waals surface area contributed by atoms with Crippen LogP contribution in [-0.4, -0.2) is 41.6 Å². The number of amides is 2. The number of halogens is 1. The summed E-state index contributed by atoms with van der Waals surface area (Å²) in [6.45, 7) is 0.641. The van der Waals surface area contributed by atoms with Gasteiger partial charge < -0.3 is 10.2 Å². The first-order chi connectivity index (χ1) is 15.0. The Morgan fingerprint density at radius 2 is 1.90 bits per heavy atom. The molecule has 1 N–H and O–H groups in total. The van der Waals surface area contributed by atoms with Crippen LogP contribution in [0.2, 0.25) is 5.02 Å². The van der Waals surface area contributed by atoms with Crippen molar-refractivity contribution in [2.75, 3.05) is 13.6 Å². The Bertz CT molecular complexity index is 978. The number of nitrogens with zero attached hydrogens (tertiary/aromatic N) is 1. The van der Waals surface area contributed by atoms with E-state index in [9.17, 15) is 9.59 Å². The first-order valence-corrected chi connectivity index (χ1v) is 12.0. The molecule has 4 rings (SSSR count). The maximum atomic E-state index is 13.0. The predicted molar refractivity (Wildman–Crippen MR) is 128 cm³/mol. The van der Waals surface area contributed by atoms with Gasteiger partial charge in [0.1, 0.15) is 0 Å². The molecule has 3 atom stereocenters. The van der Waals surface area contributed by atoms with E-state index in [0.29, 0.717) is 16.8 Å². The lowest BCUT2D eigenvalue weighted by Gasteiger charge is -2.44. The average Bonchev–Trinajstić information content (AvgIpc) is 2.79. The van der Waals surface area contributed by atoms with Gasteiger partial charge in [-0.25, -0.2) is 0 Å². The molecular weight excluding hydrogens is 428 g/mol. The lowest BCUT2D eigenvalue weighted by Crippen LogP contribution is -2.52. The van der Waals surface area contributed by atoms with E-state index in [1.54, 1.807) is 11.8 Å². The molecule has 1 aliphatic heterocycles. The van der Waals surface area contributed by atoms with Gasteiger partial charge in [-0.05, 0) is 49.0 Å². The van der Waals surface area contributed by atoms with Crippen molar-refractivity contribution in [1.82, 2.24) is 10.2 Å². The van der Waals surface area contributed by atoms with Crippen molar-refractivity contribution in [2.24, 2.45) is 5.92 Å². The summed E-state index contributed by atoms with van der Waals surface area (Å²) >= 11 is 7.92. The predicted octanol–water partition coefficient (Wildman–Crippen LogP) is 4.78. The van der Waals surface area contributed by atoms with Gasteiger partial charge in [0.25, 0.3) is 5.91 Å². The van der Waals surface area contributed by atoms with Crippen molar-refractivity contribution in [3.63, 3.8) is 0 Å². The molecule has 2 amide bonds. The van der Waals surface area contributed by atoms with Crippen LogP contribution in [0, 0.1) is 5.92 Å². The number of hydrogen-bond acceptors (Lipinski definition) is 3. The standard InChI is InChI=1S/C25H27ClN2O2S/c1-28-21-15-19(24(29)27-14-13-17-7-3-2-4-8-17)11-12-22(21)31-23(25(28)30)16-18-9-5-6-10-20(18)26/h2-10,16,19,21-22H,11-15H2,1H3,(H,27,29)/b23-16-. The summed E-state index contributed by atoms with van der Waals surface area (Å²) < 4.78 is 0. The van der Waals surface area contributed by atoms with E-state index in [1.165, 1.54) is 5.56 Å². The highest BCUT2D eigenvalue weighted by Crippen LogP contribution is 2.43. The van der Waals surface area contributed by atoms with E-state index in [4.69, 9.17) is 11.6 Å². The summed E-state index contributed by atoms with van der Waals surface area (Å²) in [5.74, 6) is 0.0795. The minimum absolute atomic E-state index is 0.0105. The summed E-state index contributed by atoms with van der Waals surface area (Å²) in [6, 6.07) is 17.8. The Balaban J connectivity index is 1.36. The van der Waals surface area contributed by atoms with Crippen LogP contribution in [-0.2, 0) is 16.0 Å². The quantitative estimate of drug-likeness (QED) is 0.661. The molecule has 1 saturated carbocycles. The third-order valence-electron chi connectivity index (χ3n) is 6.18. The molecule has 0 spiro atoms. The summed E-state index contributed by atoms with van der Waals surface area (Å²) in [5, 5.41) is 4.05. The Morgan fingerprint density at radius 3 is 2.68 bits per heavy atom. The van der Waals surface area contributed by atoms with Crippen LogP contribution in [0.1, 0.15) is 30.4 Å². The maximum absolute atomic E-state index is 13.0. The molecule has 0 radical (unpaired) electrons. The molecule has 2 aromatic rings. The van der Waals surface area contributed by atoms with Crippen LogP contribution < -0.4 is 5.32 Å². The van der Waals surface area contributed by atoms with Gasteiger partial charge in [-0.1, -0.05) is 60.1 Å². The molecule has 31 heavy (non-hydrogen) atoms.